The van der Waals surface area contributed by atoms with Gasteiger partial charge in [0, 0.05) is 36.7 Å². The summed E-state index contributed by atoms with van der Waals surface area (Å²) in [5.74, 6) is -0.0503. The van der Waals surface area contributed by atoms with Gasteiger partial charge in [0.2, 0.25) is 0 Å². The molecule has 0 bridgehead atoms. The van der Waals surface area contributed by atoms with Crippen molar-refractivity contribution in [2.75, 3.05) is 31.5 Å². The van der Waals surface area contributed by atoms with E-state index in [2.05, 4.69) is 15.7 Å². The van der Waals surface area contributed by atoms with E-state index in [1.54, 1.807) is 16.9 Å². The molecule has 0 aliphatic carbocycles. The summed E-state index contributed by atoms with van der Waals surface area (Å²) < 4.78 is 1.77. The number of benzene rings is 1. The Morgan fingerprint density at radius 2 is 1.86 bits per heavy atom. The van der Waals surface area contributed by atoms with Gasteiger partial charge in [0.25, 0.3) is 11.8 Å². The number of piperidine rings is 1. The Bertz CT molecular complexity index is 812. The molecular formula is C20H26ClN5O2. The van der Waals surface area contributed by atoms with Crippen LogP contribution in [0.5, 0.6) is 0 Å². The van der Waals surface area contributed by atoms with Gasteiger partial charge in [-0.2, -0.15) is 5.10 Å². The maximum atomic E-state index is 13.2. The first-order valence-corrected chi connectivity index (χ1v) is 9.61. The number of carbonyl (C=O) groups excluding carboxylic acids is 2. The largest absolute Gasteiger partial charge is 0.339 e. The van der Waals surface area contributed by atoms with Gasteiger partial charge < -0.3 is 15.5 Å². The molecule has 2 aliphatic rings. The molecule has 28 heavy (non-hydrogen) atoms. The summed E-state index contributed by atoms with van der Waals surface area (Å²) in [6.07, 6.45) is 7.01. The summed E-state index contributed by atoms with van der Waals surface area (Å²) in [7, 11) is 0. The van der Waals surface area contributed by atoms with Crippen LogP contribution in [-0.2, 0) is 10.3 Å². The van der Waals surface area contributed by atoms with Gasteiger partial charge in [-0.05, 0) is 63.0 Å². The number of likely N-dealkylation sites (tertiary alicyclic amines) is 1. The number of aromatic nitrogens is 2. The summed E-state index contributed by atoms with van der Waals surface area (Å²) in [5.41, 5.74) is 0.562. The molecule has 2 fully saturated rings. The first-order valence-electron chi connectivity index (χ1n) is 9.61. The van der Waals surface area contributed by atoms with Crippen LogP contribution in [0.15, 0.2) is 42.7 Å². The zero-order chi connectivity index (χ0) is 18.7. The fourth-order valence-corrected chi connectivity index (χ4v) is 4.00. The SMILES string of the molecule is Cl.O=C(c1cccc(NC(=O)C2(n3cccn3)CCNCC2)c1)N1CCCC1. The lowest BCUT2D eigenvalue weighted by atomic mass is 9.87. The summed E-state index contributed by atoms with van der Waals surface area (Å²) in [6.45, 7) is 3.15. The van der Waals surface area contributed by atoms with E-state index in [1.807, 2.05) is 35.4 Å². The molecule has 2 aliphatic heterocycles. The second kappa shape index (κ2) is 8.75. The van der Waals surface area contributed by atoms with E-state index in [0.29, 0.717) is 24.1 Å². The number of nitrogens with zero attached hydrogens (tertiary/aromatic N) is 3. The molecule has 0 atom stereocenters. The zero-order valence-electron chi connectivity index (χ0n) is 15.8. The van der Waals surface area contributed by atoms with E-state index >= 15 is 0 Å². The summed E-state index contributed by atoms with van der Waals surface area (Å²) in [5, 5.41) is 10.7. The van der Waals surface area contributed by atoms with E-state index in [4.69, 9.17) is 0 Å². The monoisotopic (exact) mass is 403 g/mol. The topological polar surface area (TPSA) is 79.3 Å². The Labute approximate surface area is 170 Å². The number of nitrogens with one attached hydrogen (secondary N) is 2. The average Bonchev–Trinajstić information content (AvgIpc) is 3.42. The van der Waals surface area contributed by atoms with Crippen molar-refractivity contribution < 1.29 is 9.59 Å². The summed E-state index contributed by atoms with van der Waals surface area (Å²) >= 11 is 0. The van der Waals surface area contributed by atoms with Crippen molar-refractivity contribution in [3.05, 3.63) is 48.3 Å². The molecule has 2 saturated heterocycles. The van der Waals surface area contributed by atoms with Crippen LogP contribution in [0.1, 0.15) is 36.0 Å². The molecule has 1 aromatic heterocycles. The molecule has 0 saturated carbocycles. The van der Waals surface area contributed by atoms with Crippen molar-refractivity contribution in [2.45, 2.75) is 31.2 Å². The third-order valence-corrected chi connectivity index (χ3v) is 5.56. The molecule has 2 N–H and O–H groups in total. The van der Waals surface area contributed by atoms with E-state index in [1.165, 1.54) is 0 Å². The minimum absolute atomic E-state index is 0. The van der Waals surface area contributed by atoms with E-state index < -0.39 is 5.54 Å². The molecular weight excluding hydrogens is 378 g/mol. The third kappa shape index (κ3) is 3.91. The first-order chi connectivity index (χ1) is 13.2. The number of hydrogen-bond donors (Lipinski definition) is 2. The number of hydrogen-bond acceptors (Lipinski definition) is 4. The number of amides is 2. The lowest BCUT2D eigenvalue weighted by molar-refractivity contribution is -0.126. The molecule has 1 aromatic carbocycles. The highest BCUT2D eigenvalue weighted by molar-refractivity contribution is 5.99. The minimum atomic E-state index is -0.705. The second-order valence-corrected chi connectivity index (χ2v) is 7.27. The molecule has 2 amide bonds. The van der Waals surface area contributed by atoms with Crippen LogP contribution < -0.4 is 10.6 Å². The van der Waals surface area contributed by atoms with Crippen LogP contribution in [-0.4, -0.2) is 52.7 Å². The molecule has 0 unspecified atom stereocenters. The van der Waals surface area contributed by atoms with E-state index in [-0.39, 0.29) is 24.2 Å². The standard InChI is InChI=1S/C20H25N5O2.ClH/c26-18(24-12-1-2-13-24)16-5-3-6-17(15-16)23-19(27)20(7-10-21-11-8-20)25-14-4-9-22-25;/h3-6,9,14-15,21H,1-2,7-8,10-13H2,(H,23,27);1H. The maximum Gasteiger partial charge on any atom is 0.253 e. The van der Waals surface area contributed by atoms with Crippen molar-refractivity contribution in [1.82, 2.24) is 20.0 Å². The number of anilines is 1. The van der Waals surface area contributed by atoms with Gasteiger partial charge in [-0.3, -0.25) is 14.3 Å². The normalized spacial score (nSPS) is 18.4. The smallest absolute Gasteiger partial charge is 0.253 e. The Hall–Kier alpha value is -2.38. The number of halogens is 1. The van der Waals surface area contributed by atoms with Gasteiger partial charge in [0.05, 0.1) is 0 Å². The van der Waals surface area contributed by atoms with Gasteiger partial charge in [-0.15, -0.1) is 12.4 Å². The van der Waals surface area contributed by atoms with Crippen molar-refractivity contribution >= 4 is 29.9 Å². The molecule has 7 nitrogen and oxygen atoms in total. The van der Waals surface area contributed by atoms with Crippen molar-refractivity contribution in [3.63, 3.8) is 0 Å². The van der Waals surface area contributed by atoms with Crippen LogP contribution in [0.4, 0.5) is 5.69 Å². The maximum absolute atomic E-state index is 13.2. The van der Waals surface area contributed by atoms with Crippen molar-refractivity contribution in [1.29, 1.82) is 0 Å². The lowest BCUT2D eigenvalue weighted by Gasteiger charge is -2.36. The van der Waals surface area contributed by atoms with Gasteiger partial charge in [0.1, 0.15) is 5.54 Å². The number of carbonyl (C=O) groups is 2. The molecule has 2 aromatic rings. The summed E-state index contributed by atoms with van der Waals surface area (Å²) in [4.78, 5) is 27.7. The third-order valence-electron chi connectivity index (χ3n) is 5.56. The molecule has 0 spiro atoms. The van der Waals surface area contributed by atoms with Crippen LogP contribution in [0.2, 0.25) is 0 Å². The van der Waals surface area contributed by atoms with E-state index in [9.17, 15) is 9.59 Å². The van der Waals surface area contributed by atoms with Crippen LogP contribution in [0, 0.1) is 0 Å². The molecule has 0 radical (unpaired) electrons. The van der Waals surface area contributed by atoms with Gasteiger partial charge in [-0.1, -0.05) is 6.07 Å². The van der Waals surface area contributed by atoms with Gasteiger partial charge in [-0.25, -0.2) is 0 Å². The lowest BCUT2D eigenvalue weighted by Crippen LogP contribution is -2.52. The fraction of sp³-hybridized carbons (Fsp3) is 0.450. The molecule has 150 valence electrons. The van der Waals surface area contributed by atoms with Crippen LogP contribution in [0.3, 0.4) is 0 Å². The highest BCUT2D eigenvalue weighted by atomic mass is 35.5. The van der Waals surface area contributed by atoms with Gasteiger partial charge >= 0.3 is 0 Å². The molecule has 8 heteroatoms. The summed E-state index contributed by atoms with van der Waals surface area (Å²) in [6, 6.07) is 9.07. The van der Waals surface area contributed by atoms with Gasteiger partial charge in [0.15, 0.2) is 0 Å². The first kappa shape index (κ1) is 20.4. The fourth-order valence-electron chi connectivity index (χ4n) is 4.00. The Balaban J connectivity index is 0.00000225. The predicted molar refractivity (Wildman–Crippen MR) is 110 cm³/mol. The second-order valence-electron chi connectivity index (χ2n) is 7.27. The molecule has 4 rings (SSSR count). The minimum Gasteiger partial charge on any atom is -0.339 e. The Morgan fingerprint density at radius 3 is 2.54 bits per heavy atom. The Morgan fingerprint density at radius 1 is 1.11 bits per heavy atom. The quantitative estimate of drug-likeness (QED) is 0.820. The zero-order valence-corrected chi connectivity index (χ0v) is 16.6. The molecule has 3 heterocycles. The predicted octanol–water partition coefficient (Wildman–Crippen LogP) is 2.26. The van der Waals surface area contributed by atoms with Crippen molar-refractivity contribution in [3.8, 4) is 0 Å². The highest BCUT2D eigenvalue weighted by Crippen LogP contribution is 2.29. The van der Waals surface area contributed by atoms with E-state index in [0.717, 1.165) is 39.0 Å². The average molecular weight is 404 g/mol. The van der Waals surface area contributed by atoms with Crippen molar-refractivity contribution in [2.24, 2.45) is 0 Å². The van der Waals surface area contributed by atoms with Crippen LogP contribution >= 0.6 is 12.4 Å². The number of rotatable bonds is 4. The highest BCUT2D eigenvalue weighted by Gasteiger charge is 2.42. The Kier molecular flexibility index (Phi) is 6.36. The van der Waals surface area contributed by atoms with Crippen LogP contribution in [0.25, 0.3) is 0 Å².